The molecule has 0 unspecified atom stereocenters. The van der Waals surface area contributed by atoms with Gasteiger partial charge < -0.3 is 23.9 Å². The fourth-order valence-corrected chi connectivity index (χ4v) is 2.19. The van der Waals surface area contributed by atoms with E-state index in [9.17, 15) is 0 Å². The number of halogens is 1. The number of anilines is 2. The number of fused-ring (bicyclic) bond motifs is 2. The van der Waals surface area contributed by atoms with Gasteiger partial charge >= 0.3 is 0 Å². The van der Waals surface area contributed by atoms with Gasteiger partial charge in [0, 0.05) is 22.1 Å². The van der Waals surface area contributed by atoms with Crippen molar-refractivity contribution in [3.05, 3.63) is 41.5 Å². The van der Waals surface area contributed by atoms with Gasteiger partial charge in [-0.3, -0.25) is 0 Å². The molecule has 0 aliphatic rings. The Morgan fingerprint density at radius 1 is 0.737 bits per heavy atom. The van der Waals surface area contributed by atoms with Gasteiger partial charge in [0.05, 0.1) is 11.0 Å². The smallest absolute Gasteiger partial charge is 0.0730 e. The molecule has 0 amide bonds. The highest BCUT2D eigenvalue weighted by Crippen LogP contribution is 2.26. The van der Waals surface area contributed by atoms with Crippen molar-refractivity contribution in [1.29, 1.82) is 0 Å². The maximum Gasteiger partial charge on any atom is 0.0730 e. The Morgan fingerprint density at radius 3 is 1.58 bits per heavy atom. The summed E-state index contributed by atoms with van der Waals surface area (Å²) in [6.45, 7) is 4.01. The number of nitrogens with zero attached hydrogens (tertiary/aromatic N) is 1. The first-order chi connectivity index (χ1) is 8.54. The van der Waals surface area contributed by atoms with Gasteiger partial charge in [-0.15, -0.1) is 0 Å². The maximum absolute atomic E-state index is 5.92. The van der Waals surface area contributed by atoms with E-state index in [2.05, 4.69) is 23.2 Å². The molecule has 19 heavy (non-hydrogen) atoms. The fourth-order valence-electron chi connectivity index (χ4n) is 2.19. The summed E-state index contributed by atoms with van der Waals surface area (Å²) >= 11 is 0. The summed E-state index contributed by atoms with van der Waals surface area (Å²) in [5.74, 6) is 0. The molecule has 0 fully saturated rings. The van der Waals surface area contributed by atoms with E-state index < -0.39 is 0 Å². The van der Waals surface area contributed by atoms with E-state index in [1.54, 1.807) is 0 Å². The number of nitrogen functional groups attached to an aromatic ring is 2. The highest BCUT2D eigenvalue weighted by atomic mass is 35.5. The third kappa shape index (κ3) is 2.17. The van der Waals surface area contributed by atoms with Crippen LogP contribution < -0.4 is 23.9 Å². The van der Waals surface area contributed by atoms with Crippen LogP contribution >= 0.6 is 0 Å². The Morgan fingerprint density at radius 2 is 1.16 bits per heavy atom. The summed E-state index contributed by atoms with van der Waals surface area (Å²) in [5, 5.41) is 2.22. The molecule has 0 radical (unpaired) electrons. The molecule has 2 aromatic carbocycles. The average Bonchev–Trinajstić information content (AvgIpc) is 2.31. The van der Waals surface area contributed by atoms with E-state index >= 15 is 0 Å². The lowest BCUT2D eigenvalue weighted by atomic mass is 10.1. The number of aryl methyl sites for hydroxylation is 2. The number of benzene rings is 2. The second kappa shape index (κ2) is 4.59. The Kier molecular flexibility index (Phi) is 3.25. The Balaban J connectivity index is 0.00000133. The van der Waals surface area contributed by atoms with Gasteiger partial charge in [-0.2, -0.15) is 0 Å². The minimum absolute atomic E-state index is 0. The quantitative estimate of drug-likeness (QED) is 0.453. The number of aromatic nitrogens is 1. The summed E-state index contributed by atoms with van der Waals surface area (Å²) in [5.41, 5.74) is 17.4. The van der Waals surface area contributed by atoms with E-state index in [0.717, 1.165) is 44.3 Å². The van der Waals surface area contributed by atoms with Crippen molar-refractivity contribution in [2.75, 3.05) is 11.5 Å². The van der Waals surface area contributed by atoms with Crippen molar-refractivity contribution in [3.63, 3.8) is 0 Å². The number of hydrogen-bond acceptors (Lipinski definition) is 3. The predicted molar refractivity (Wildman–Crippen MR) is 77.5 cm³/mol. The van der Waals surface area contributed by atoms with Gasteiger partial charge in [0.2, 0.25) is 0 Å². The molecule has 3 rings (SSSR count). The Bertz CT molecular complexity index is 652. The first-order valence-corrected chi connectivity index (χ1v) is 5.91. The van der Waals surface area contributed by atoms with Gasteiger partial charge in [0.15, 0.2) is 0 Å². The Labute approximate surface area is 118 Å². The molecule has 98 valence electrons. The molecule has 0 saturated heterocycles. The van der Waals surface area contributed by atoms with Crippen molar-refractivity contribution in [3.8, 4) is 0 Å². The number of nitrogens with two attached hydrogens (primary N) is 2. The summed E-state index contributed by atoms with van der Waals surface area (Å²) in [7, 11) is 0. The first-order valence-electron chi connectivity index (χ1n) is 5.91. The van der Waals surface area contributed by atoms with Crippen LogP contribution in [0.1, 0.15) is 11.1 Å². The lowest BCUT2D eigenvalue weighted by Crippen LogP contribution is -3.00. The second-order valence-corrected chi connectivity index (χ2v) is 4.79. The third-order valence-electron chi connectivity index (χ3n) is 3.38. The molecule has 3 nitrogen and oxygen atoms in total. The normalized spacial score (nSPS) is 10.6. The SMILES string of the molecule is Cc1cc2cc3cc(C)c(N)cc3nc2cc1N.[Cl-]. The number of rotatable bonds is 0. The maximum atomic E-state index is 5.92. The Hall–Kier alpha value is -2.00. The monoisotopic (exact) mass is 272 g/mol. The molecule has 1 heterocycles. The fraction of sp³-hybridized carbons (Fsp3) is 0.133. The van der Waals surface area contributed by atoms with E-state index in [-0.39, 0.29) is 12.4 Å². The van der Waals surface area contributed by atoms with Gasteiger partial charge in [-0.05, 0) is 55.3 Å². The topological polar surface area (TPSA) is 64.9 Å². The summed E-state index contributed by atoms with van der Waals surface area (Å²) in [6, 6.07) is 10.1. The molecule has 3 aromatic rings. The zero-order valence-corrected chi connectivity index (χ0v) is 11.6. The van der Waals surface area contributed by atoms with Crippen LogP contribution in [0.4, 0.5) is 11.4 Å². The van der Waals surface area contributed by atoms with E-state index in [0.29, 0.717) is 0 Å². The minimum atomic E-state index is 0. The van der Waals surface area contributed by atoms with E-state index in [4.69, 9.17) is 11.5 Å². The lowest BCUT2D eigenvalue weighted by molar-refractivity contribution is -0.00000379. The largest absolute Gasteiger partial charge is 1.00 e. The van der Waals surface area contributed by atoms with Crippen LogP contribution in [0, 0.1) is 13.8 Å². The molecule has 0 bridgehead atoms. The number of hydrogen-bond donors (Lipinski definition) is 2. The molecule has 4 N–H and O–H groups in total. The molecule has 0 aliphatic heterocycles. The summed E-state index contributed by atoms with van der Waals surface area (Å²) in [6.07, 6.45) is 0. The second-order valence-electron chi connectivity index (χ2n) is 4.79. The first kappa shape index (κ1) is 13.4. The lowest BCUT2D eigenvalue weighted by Gasteiger charge is -2.07. The molecule has 0 atom stereocenters. The molecular formula is C15H15ClN3-. The van der Waals surface area contributed by atoms with Gasteiger partial charge in [0.25, 0.3) is 0 Å². The third-order valence-corrected chi connectivity index (χ3v) is 3.38. The van der Waals surface area contributed by atoms with Crippen molar-refractivity contribution in [2.24, 2.45) is 0 Å². The van der Waals surface area contributed by atoms with E-state index in [1.165, 1.54) is 0 Å². The van der Waals surface area contributed by atoms with Crippen LogP contribution in [-0.2, 0) is 0 Å². The number of pyridine rings is 1. The zero-order chi connectivity index (χ0) is 12.9. The van der Waals surface area contributed by atoms with Gasteiger partial charge in [-0.1, -0.05) is 0 Å². The predicted octanol–water partition coefficient (Wildman–Crippen LogP) is 0.173. The van der Waals surface area contributed by atoms with Gasteiger partial charge in [0.1, 0.15) is 0 Å². The van der Waals surface area contributed by atoms with Crippen LogP contribution in [-0.4, -0.2) is 4.98 Å². The molecule has 0 saturated carbocycles. The summed E-state index contributed by atoms with van der Waals surface area (Å²) in [4.78, 5) is 4.62. The molecule has 0 aliphatic carbocycles. The zero-order valence-electron chi connectivity index (χ0n) is 10.9. The molecule has 4 heteroatoms. The molecule has 1 aromatic heterocycles. The van der Waals surface area contributed by atoms with Crippen molar-refractivity contribution < 1.29 is 12.4 Å². The highest BCUT2D eigenvalue weighted by molar-refractivity contribution is 5.95. The van der Waals surface area contributed by atoms with Crippen molar-refractivity contribution in [1.82, 2.24) is 4.98 Å². The standard InChI is InChI=1S/C15H15N3.ClH/c1-8-3-10-5-11-4-9(2)13(17)7-15(11)18-14(10)6-12(8)16;/h3-7H,16-17H2,1-2H3;1H/p-1. The van der Waals surface area contributed by atoms with Crippen LogP contribution in [0.2, 0.25) is 0 Å². The van der Waals surface area contributed by atoms with Crippen LogP contribution in [0.25, 0.3) is 21.8 Å². The summed E-state index contributed by atoms with van der Waals surface area (Å²) < 4.78 is 0. The van der Waals surface area contributed by atoms with E-state index in [1.807, 2.05) is 26.0 Å². The van der Waals surface area contributed by atoms with Crippen LogP contribution in [0.5, 0.6) is 0 Å². The molecular weight excluding hydrogens is 258 g/mol. The van der Waals surface area contributed by atoms with Crippen LogP contribution in [0.15, 0.2) is 30.3 Å². The van der Waals surface area contributed by atoms with Crippen molar-refractivity contribution in [2.45, 2.75) is 13.8 Å². The molecule has 0 spiro atoms. The average molecular weight is 273 g/mol. The van der Waals surface area contributed by atoms with Gasteiger partial charge in [-0.25, -0.2) is 4.98 Å². The minimum Gasteiger partial charge on any atom is -1.00 e. The van der Waals surface area contributed by atoms with Crippen LogP contribution in [0.3, 0.4) is 0 Å². The van der Waals surface area contributed by atoms with Crippen molar-refractivity contribution >= 4 is 33.2 Å². The highest BCUT2D eigenvalue weighted by Gasteiger charge is 2.04.